The number of carbonyl (C=O) groups excluding carboxylic acids is 2. The molecule has 6 nitrogen and oxygen atoms in total. The van der Waals surface area contributed by atoms with Crippen molar-refractivity contribution in [3.63, 3.8) is 0 Å². The Bertz CT molecular complexity index is 954. The number of amides is 2. The molecule has 3 heterocycles. The van der Waals surface area contributed by atoms with E-state index in [0.717, 1.165) is 30.1 Å². The van der Waals surface area contributed by atoms with Crippen molar-refractivity contribution in [2.75, 3.05) is 13.1 Å². The Labute approximate surface area is 173 Å². The number of benzene rings is 1. The molecule has 2 amide bonds. The van der Waals surface area contributed by atoms with Gasteiger partial charge in [-0.3, -0.25) is 9.59 Å². The van der Waals surface area contributed by atoms with E-state index in [9.17, 15) is 9.59 Å². The first-order chi connectivity index (χ1) is 14.2. The lowest BCUT2D eigenvalue weighted by Gasteiger charge is -2.31. The van der Waals surface area contributed by atoms with Crippen LogP contribution in [0.4, 0.5) is 0 Å². The minimum atomic E-state index is -0.616. The van der Waals surface area contributed by atoms with Crippen molar-refractivity contribution in [3.05, 3.63) is 81.9 Å². The fourth-order valence-electron chi connectivity index (χ4n) is 3.77. The van der Waals surface area contributed by atoms with Gasteiger partial charge in [0.15, 0.2) is 11.8 Å². The highest BCUT2D eigenvalue weighted by atomic mass is 32.1. The maximum absolute atomic E-state index is 12.3. The van der Waals surface area contributed by atoms with Crippen LogP contribution in [0.1, 0.15) is 27.8 Å². The van der Waals surface area contributed by atoms with Gasteiger partial charge in [-0.15, -0.1) is 11.3 Å². The van der Waals surface area contributed by atoms with E-state index in [1.54, 1.807) is 17.6 Å². The zero-order chi connectivity index (χ0) is 20.1. The molecule has 2 atom stereocenters. The third-order valence-corrected chi connectivity index (χ3v) is 6.18. The second-order valence-electron chi connectivity index (χ2n) is 7.14. The molecule has 3 aromatic rings. The van der Waals surface area contributed by atoms with Gasteiger partial charge in [0.1, 0.15) is 6.54 Å². The van der Waals surface area contributed by atoms with Crippen LogP contribution in [0.3, 0.4) is 0 Å². The van der Waals surface area contributed by atoms with Gasteiger partial charge in [0.2, 0.25) is 0 Å². The highest BCUT2D eigenvalue weighted by Crippen LogP contribution is 2.15. The lowest BCUT2D eigenvalue weighted by molar-refractivity contribution is -0.946. The summed E-state index contributed by atoms with van der Waals surface area (Å²) in [5.74, 6) is -0.413. The maximum atomic E-state index is 12.3. The second kappa shape index (κ2) is 9.07. The summed E-state index contributed by atoms with van der Waals surface area (Å²) in [5, 5.41) is 7.40. The molecule has 3 N–H and O–H groups in total. The molecule has 0 aliphatic carbocycles. The molecule has 4 rings (SSSR count). The summed E-state index contributed by atoms with van der Waals surface area (Å²) in [5.41, 5.74) is 2.71. The van der Waals surface area contributed by atoms with Crippen molar-refractivity contribution in [1.82, 2.24) is 10.6 Å². The molecule has 1 unspecified atom stereocenters. The number of hydrogen-bond donors (Lipinski definition) is 3. The summed E-state index contributed by atoms with van der Waals surface area (Å²) in [6.07, 6.45) is 2.63. The lowest BCUT2D eigenvalue weighted by atomic mass is 9.98. The third kappa shape index (κ3) is 4.75. The van der Waals surface area contributed by atoms with Gasteiger partial charge in [-0.05, 0) is 29.1 Å². The van der Waals surface area contributed by atoms with Crippen molar-refractivity contribution in [1.29, 1.82) is 0 Å². The first kappa shape index (κ1) is 19.4. The summed E-state index contributed by atoms with van der Waals surface area (Å²) < 4.78 is 5.65. The van der Waals surface area contributed by atoms with Crippen molar-refractivity contribution in [2.24, 2.45) is 0 Å². The van der Waals surface area contributed by atoms with Crippen LogP contribution in [-0.4, -0.2) is 24.9 Å². The van der Waals surface area contributed by atoms with Crippen molar-refractivity contribution < 1.29 is 18.9 Å². The lowest BCUT2D eigenvalue weighted by Crippen LogP contribution is -3.12. The minimum Gasteiger partial charge on any atom is -0.463 e. The van der Waals surface area contributed by atoms with E-state index in [2.05, 4.69) is 34.9 Å². The Morgan fingerprint density at radius 1 is 1.03 bits per heavy atom. The largest absolute Gasteiger partial charge is 0.463 e. The van der Waals surface area contributed by atoms with Crippen LogP contribution in [-0.2, 0) is 29.1 Å². The summed E-state index contributed by atoms with van der Waals surface area (Å²) >= 11 is 1.54. The summed E-state index contributed by atoms with van der Waals surface area (Å²) in [6, 6.07) is 16.0. The molecule has 29 heavy (non-hydrogen) atoms. The van der Waals surface area contributed by atoms with E-state index in [-0.39, 0.29) is 6.04 Å². The molecule has 1 aromatic carbocycles. The van der Waals surface area contributed by atoms with Gasteiger partial charge in [0.05, 0.1) is 25.9 Å². The second-order valence-corrected chi connectivity index (χ2v) is 8.18. The Kier molecular flexibility index (Phi) is 6.07. The van der Waals surface area contributed by atoms with E-state index < -0.39 is 11.8 Å². The number of furan rings is 1. The average Bonchev–Trinajstić information content (AvgIpc) is 3.46. The van der Waals surface area contributed by atoms with Crippen LogP contribution in [0, 0.1) is 0 Å². The summed E-state index contributed by atoms with van der Waals surface area (Å²) in [7, 11) is 0. The van der Waals surface area contributed by atoms with E-state index in [0.29, 0.717) is 13.1 Å². The number of thiophene rings is 1. The van der Waals surface area contributed by atoms with E-state index in [1.807, 2.05) is 29.6 Å². The molecule has 7 heteroatoms. The number of carbonyl (C=O) groups is 2. The van der Waals surface area contributed by atoms with Gasteiger partial charge in [0, 0.05) is 16.9 Å². The van der Waals surface area contributed by atoms with Crippen LogP contribution < -0.4 is 15.5 Å². The molecule has 0 radical (unpaired) electrons. The van der Waals surface area contributed by atoms with Gasteiger partial charge in [-0.25, -0.2) is 0 Å². The fourth-order valence-corrected chi connectivity index (χ4v) is 4.42. The molecular weight excluding hydrogens is 386 g/mol. The predicted molar refractivity (Wildman–Crippen MR) is 110 cm³/mol. The van der Waals surface area contributed by atoms with E-state index >= 15 is 0 Å². The summed E-state index contributed by atoms with van der Waals surface area (Å²) in [6.45, 7) is 2.51. The predicted octanol–water partition coefficient (Wildman–Crippen LogP) is 1.46. The van der Waals surface area contributed by atoms with Crippen LogP contribution in [0.2, 0.25) is 0 Å². The van der Waals surface area contributed by atoms with Gasteiger partial charge in [-0.1, -0.05) is 30.3 Å². The smallest absolute Gasteiger partial charge is 0.309 e. The molecule has 0 saturated carbocycles. The number of hydrogen-bond acceptors (Lipinski definition) is 4. The zero-order valence-corrected chi connectivity index (χ0v) is 16.8. The van der Waals surface area contributed by atoms with Gasteiger partial charge >= 0.3 is 11.8 Å². The normalized spacial score (nSPS) is 16.6. The Morgan fingerprint density at radius 2 is 1.86 bits per heavy atom. The molecule has 1 aliphatic rings. The number of nitrogens with one attached hydrogen (secondary N) is 3. The SMILES string of the molecule is O=C(NCc1cccs1)C(=O)NC[C@@H](c1ccco1)[NH+]1CCc2ccccc2C1. The number of fused-ring (bicyclic) bond motifs is 1. The van der Waals surface area contributed by atoms with E-state index in [1.165, 1.54) is 16.0 Å². The molecule has 0 fully saturated rings. The maximum Gasteiger partial charge on any atom is 0.309 e. The number of rotatable bonds is 6. The summed E-state index contributed by atoms with van der Waals surface area (Å²) in [4.78, 5) is 26.8. The quantitative estimate of drug-likeness (QED) is 0.539. The molecular formula is C22H24N3O3S+. The van der Waals surface area contributed by atoms with Crippen LogP contribution in [0.5, 0.6) is 0 Å². The Morgan fingerprint density at radius 3 is 2.62 bits per heavy atom. The van der Waals surface area contributed by atoms with Crippen molar-refractivity contribution >= 4 is 23.2 Å². The van der Waals surface area contributed by atoms with E-state index in [4.69, 9.17) is 4.42 Å². The highest BCUT2D eigenvalue weighted by molar-refractivity contribution is 7.09. The Hall–Kier alpha value is -2.90. The topological polar surface area (TPSA) is 75.8 Å². The molecule has 0 bridgehead atoms. The van der Waals surface area contributed by atoms with Crippen molar-refractivity contribution in [2.45, 2.75) is 25.6 Å². The average molecular weight is 411 g/mol. The van der Waals surface area contributed by atoms with Crippen molar-refractivity contribution in [3.8, 4) is 0 Å². The third-order valence-electron chi connectivity index (χ3n) is 5.31. The number of quaternary nitrogens is 1. The van der Waals surface area contributed by atoms with Crippen LogP contribution in [0.25, 0.3) is 0 Å². The molecule has 1 aliphatic heterocycles. The standard InChI is InChI=1S/C22H23N3O3S/c26-21(23-13-18-7-4-12-29-18)22(27)24-14-19(20-8-3-11-28-20)25-10-9-16-5-1-2-6-17(16)15-25/h1-8,11-12,19H,9-10,13-15H2,(H,23,26)(H,24,27)/p+1/t19-/m0/s1. The zero-order valence-electron chi connectivity index (χ0n) is 16.0. The monoisotopic (exact) mass is 410 g/mol. The molecule has 0 spiro atoms. The van der Waals surface area contributed by atoms with Crippen LogP contribution >= 0.6 is 11.3 Å². The minimum absolute atomic E-state index is 0.0487. The highest BCUT2D eigenvalue weighted by Gasteiger charge is 2.31. The molecule has 150 valence electrons. The van der Waals surface area contributed by atoms with Crippen LogP contribution in [0.15, 0.2) is 64.6 Å². The first-order valence-corrected chi connectivity index (χ1v) is 10.6. The Balaban J connectivity index is 1.38. The van der Waals surface area contributed by atoms with Gasteiger partial charge in [0.25, 0.3) is 0 Å². The molecule has 2 aromatic heterocycles. The van der Waals surface area contributed by atoms with Gasteiger partial charge < -0.3 is 20.0 Å². The fraction of sp³-hybridized carbons (Fsp3) is 0.273. The first-order valence-electron chi connectivity index (χ1n) is 9.74. The molecule has 0 saturated heterocycles. The van der Waals surface area contributed by atoms with Gasteiger partial charge in [-0.2, -0.15) is 0 Å².